The smallest absolute Gasteiger partial charge is 0.342 e. The lowest BCUT2D eigenvalue weighted by Crippen LogP contribution is -2.50. The number of aliphatic hydroxyl groups excluding tert-OH is 1. The second-order valence-corrected chi connectivity index (χ2v) is 18.2. The summed E-state index contributed by atoms with van der Waals surface area (Å²) in [4.78, 5) is 39.6. The SMILES string of the molecule is CCC(C)[C@H](NP(=O)(N[C@H](C(=O)OCC(C)(C)C)C(C)CC)OC[C@H]1O[C@@H](n2cnc3c(OC)nc(N)nc32)[C@](C)(O)[C@@H]1O)C(=O)OCC(C)(C)C. The summed E-state index contributed by atoms with van der Waals surface area (Å²) in [5, 5.41) is 28.6. The summed E-state index contributed by atoms with van der Waals surface area (Å²) in [7, 11) is -3.01. The van der Waals surface area contributed by atoms with Crippen molar-refractivity contribution in [3.05, 3.63) is 6.33 Å². The summed E-state index contributed by atoms with van der Waals surface area (Å²) in [5.74, 6) is -2.05. The third kappa shape index (κ3) is 10.8. The number of methoxy groups -OCH3 is 1. The van der Waals surface area contributed by atoms with Crippen molar-refractivity contribution in [2.24, 2.45) is 22.7 Å². The van der Waals surface area contributed by atoms with Gasteiger partial charge in [-0.05, 0) is 29.6 Å². The Bertz CT molecular complexity index is 1520. The number of nitrogen functional groups attached to an aromatic ring is 1. The Balaban J connectivity index is 1.99. The number of ether oxygens (including phenoxy) is 4. The van der Waals surface area contributed by atoms with Crippen LogP contribution in [-0.2, 0) is 32.9 Å². The standard InChI is InChI=1S/C34H60N7O10P/c1-13-19(3)22(28(43)48-16-32(5,6)7)39-52(46,40-23(20(4)14-2)29(44)49-17-33(8,9)10)50-15-21-25(42)34(11,45)30(51-21)41-18-36-24-26(41)37-31(35)38-27(24)47-12/h18-23,25,30,42,45H,13-17H2,1-12H3,(H2,35,37,38)(H2,39,40,46)/t19?,20?,21-,22+,23+,25-,30-,34-,52?/m1/s1. The van der Waals surface area contributed by atoms with Gasteiger partial charge < -0.3 is 39.4 Å². The van der Waals surface area contributed by atoms with Crippen molar-refractivity contribution in [1.29, 1.82) is 0 Å². The van der Waals surface area contributed by atoms with Gasteiger partial charge in [-0.2, -0.15) is 9.97 Å². The zero-order valence-electron chi connectivity index (χ0n) is 32.6. The number of anilines is 1. The number of carbonyl (C=O) groups excluding carboxylic acids is 2. The third-order valence-corrected chi connectivity index (χ3v) is 10.6. The number of hydrogen-bond acceptors (Lipinski definition) is 14. The van der Waals surface area contributed by atoms with Gasteiger partial charge in [0.1, 0.15) is 29.9 Å². The van der Waals surface area contributed by atoms with Gasteiger partial charge in [0.2, 0.25) is 11.8 Å². The molecule has 6 N–H and O–H groups in total. The van der Waals surface area contributed by atoms with Crippen LogP contribution in [0.4, 0.5) is 5.95 Å². The van der Waals surface area contributed by atoms with Crippen LogP contribution in [0.2, 0.25) is 0 Å². The molecule has 1 fully saturated rings. The predicted octanol–water partition coefficient (Wildman–Crippen LogP) is 3.74. The molecule has 8 atom stereocenters. The lowest BCUT2D eigenvalue weighted by atomic mass is 9.96. The number of nitrogens with two attached hydrogens (primary N) is 1. The van der Waals surface area contributed by atoms with E-state index in [1.165, 1.54) is 24.9 Å². The molecule has 1 aliphatic rings. The Labute approximate surface area is 306 Å². The van der Waals surface area contributed by atoms with Gasteiger partial charge in [0.15, 0.2) is 17.4 Å². The van der Waals surface area contributed by atoms with Gasteiger partial charge >= 0.3 is 19.6 Å². The number of imidazole rings is 1. The summed E-state index contributed by atoms with van der Waals surface area (Å²) in [6.45, 7) is 19.9. The summed E-state index contributed by atoms with van der Waals surface area (Å²) in [6, 6.07) is -2.23. The van der Waals surface area contributed by atoms with Crippen LogP contribution < -0.4 is 20.6 Å². The molecule has 296 valence electrons. The van der Waals surface area contributed by atoms with Crippen molar-refractivity contribution < 1.29 is 47.8 Å². The number of esters is 2. The quantitative estimate of drug-likeness (QED) is 0.114. The van der Waals surface area contributed by atoms with Crippen LogP contribution in [0, 0.1) is 22.7 Å². The third-order valence-electron chi connectivity index (χ3n) is 8.87. The number of aliphatic hydroxyl groups is 2. The maximum atomic E-state index is 15.0. The fraction of sp³-hybridized carbons (Fsp3) is 0.794. The molecule has 0 spiro atoms. The molecule has 2 aromatic heterocycles. The predicted molar refractivity (Wildman–Crippen MR) is 194 cm³/mol. The average Bonchev–Trinajstić information content (AvgIpc) is 3.57. The van der Waals surface area contributed by atoms with Crippen LogP contribution in [0.5, 0.6) is 5.88 Å². The van der Waals surface area contributed by atoms with E-state index >= 15 is 0 Å². The van der Waals surface area contributed by atoms with E-state index < -0.39 is 62.3 Å². The van der Waals surface area contributed by atoms with Crippen molar-refractivity contribution in [1.82, 2.24) is 29.7 Å². The van der Waals surface area contributed by atoms with Gasteiger partial charge in [-0.25, -0.2) is 15.2 Å². The van der Waals surface area contributed by atoms with Gasteiger partial charge in [-0.1, -0.05) is 82.1 Å². The minimum Gasteiger partial charge on any atom is -0.479 e. The normalized spacial score (nSPS) is 24.5. The second kappa shape index (κ2) is 17.0. The van der Waals surface area contributed by atoms with E-state index in [0.717, 1.165) is 0 Å². The molecule has 0 aromatic carbocycles. The largest absolute Gasteiger partial charge is 0.479 e. The van der Waals surface area contributed by atoms with Crippen molar-refractivity contribution in [2.45, 2.75) is 125 Å². The van der Waals surface area contributed by atoms with Gasteiger partial charge in [-0.3, -0.25) is 18.7 Å². The van der Waals surface area contributed by atoms with E-state index in [-0.39, 0.29) is 58.9 Å². The van der Waals surface area contributed by atoms with E-state index in [1.807, 2.05) is 55.4 Å². The lowest BCUT2D eigenvalue weighted by Gasteiger charge is -2.33. The molecule has 1 aliphatic heterocycles. The maximum Gasteiger partial charge on any atom is 0.342 e. The Morgan fingerprint density at radius 3 is 1.96 bits per heavy atom. The zero-order valence-corrected chi connectivity index (χ0v) is 33.5. The van der Waals surface area contributed by atoms with Crippen LogP contribution in [0.3, 0.4) is 0 Å². The Morgan fingerprint density at radius 2 is 1.52 bits per heavy atom. The molecule has 17 nitrogen and oxygen atoms in total. The second-order valence-electron chi connectivity index (χ2n) is 16.3. The van der Waals surface area contributed by atoms with Crippen LogP contribution >= 0.6 is 7.67 Å². The molecular formula is C34H60N7O10P. The topological polar surface area (TPSA) is 231 Å². The van der Waals surface area contributed by atoms with Crippen LogP contribution in [0.25, 0.3) is 11.2 Å². The lowest BCUT2D eigenvalue weighted by molar-refractivity contribution is -0.150. The average molecular weight is 758 g/mol. The monoisotopic (exact) mass is 757 g/mol. The molecule has 0 amide bonds. The summed E-state index contributed by atoms with van der Waals surface area (Å²) in [5.41, 5.74) is 3.69. The van der Waals surface area contributed by atoms with E-state index in [4.69, 9.17) is 29.2 Å². The van der Waals surface area contributed by atoms with E-state index in [2.05, 4.69) is 25.1 Å². The van der Waals surface area contributed by atoms with E-state index in [9.17, 15) is 24.4 Å². The Hall–Kier alpha value is -2.92. The van der Waals surface area contributed by atoms with Crippen molar-refractivity contribution in [2.75, 3.05) is 32.7 Å². The minimum absolute atomic E-state index is 0.103. The fourth-order valence-electron chi connectivity index (χ4n) is 5.31. The highest BCUT2D eigenvalue weighted by Crippen LogP contribution is 2.45. The molecule has 18 heteroatoms. The number of carbonyl (C=O) groups is 2. The molecule has 0 aliphatic carbocycles. The van der Waals surface area contributed by atoms with Gasteiger partial charge in [0.05, 0.1) is 33.3 Å². The number of fused-ring (bicyclic) bond motifs is 1. The first kappa shape index (κ1) is 43.5. The molecule has 0 bridgehead atoms. The Morgan fingerprint density at radius 1 is 1.02 bits per heavy atom. The fourth-order valence-corrected chi connectivity index (χ4v) is 7.34. The first-order valence-corrected chi connectivity index (χ1v) is 19.3. The van der Waals surface area contributed by atoms with Gasteiger partial charge in [0.25, 0.3) is 0 Å². The van der Waals surface area contributed by atoms with Crippen molar-refractivity contribution in [3.8, 4) is 5.88 Å². The van der Waals surface area contributed by atoms with Crippen molar-refractivity contribution in [3.63, 3.8) is 0 Å². The summed E-state index contributed by atoms with van der Waals surface area (Å²) < 4.78 is 45.1. The highest BCUT2D eigenvalue weighted by molar-refractivity contribution is 7.54. The molecule has 0 saturated carbocycles. The highest BCUT2D eigenvalue weighted by Gasteiger charge is 2.54. The van der Waals surface area contributed by atoms with E-state index in [0.29, 0.717) is 12.8 Å². The summed E-state index contributed by atoms with van der Waals surface area (Å²) in [6.07, 6.45) is -1.74. The van der Waals surface area contributed by atoms with Gasteiger partial charge in [-0.15, -0.1) is 0 Å². The van der Waals surface area contributed by atoms with Crippen molar-refractivity contribution >= 4 is 36.7 Å². The number of hydrogen-bond donors (Lipinski definition) is 5. The number of aromatic nitrogens is 4. The summed E-state index contributed by atoms with van der Waals surface area (Å²) >= 11 is 0. The zero-order chi connectivity index (χ0) is 39.4. The first-order valence-electron chi connectivity index (χ1n) is 17.7. The number of nitrogens with one attached hydrogen (secondary N) is 2. The molecule has 2 aromatic rings. The van der Waals surface area contributed by atoms with Gasteiger partial charge in [0, 0.05) is 0 Å². The first-order chi connectivity index (χ1) is 24.0. The van der Waals surface area contributed by atoms with Crippen LogP contribution in [0.15, 0.2) is 6.33 Å². The highest BCUT2D eigenvalue weighted by atomic mass is 31.2. The maximum absolute atomic E-state index is 15.0. The minimum atomic E-state index is -4.41. The van der Waals surface area contributed by atoms with Crippen LogP contribution in [-0.4, -0.2) is 98.5 Å². The molecule has 52 heavy (non-hydrogen) atoms. The number of rotatable bonds is 17. The van der Waals surface area contributed by atoms with Crippen LogP contribution in [0.1, 0.15) is 95.2 Å². The molecule has 1 saturated heterocycles. The molecular weight excluding hydrogens is 697 g/mol. The molecule has 3 rings (SSSR count). The van der Waals surface area contributed by atoms with E-state index in [1.54, 1.807) is 13.8 Å². The molecule has 3 heterocycles. The number of nitrogens with zero attached hydrogens (tertiary/aromatic N) is 4. The Kier molecular flexibility index (Phi) is 14.3. The molecule has 2 unspecified atom stereocenters. The molecule has 0 radical (unpaired) electrons.